The summed E-state index contributed by atoms with van der Waals surface area (Å²) in [5.74, 6) is 0.591. The van der Waals surface area contributed by atoms with Gasteiger partial charge >= 0.3 is 0 Å². The van der Waals surface area contributed by atoms with Crippen molar-refractivity contribution in [3.05, 3.63) is 24.0 Å². The van der Waals surface area contributed by atoms with Crippen LogP contribution in [0.1, 0.15) is 37.2 Å². The van der Waals surface area contributed by atoms with Gasteiger partial charge in [-0.3, -0.25) is 4.79 Å². The molecule has 2 heterocycles. The number of carbonyl (C=O) groups is 1. The second-order valence-electron chi connectivity index (χ2n) is 4.97. The lowest BCUT2D eigenvalue weighted by Gasteiger charge is -2.36. The zero-order chi connectivity index (χ0) is 12.4. The third-order valence-corrected chi connectivity index (χ3v) is 3.38. The molecule has 4 nitrogen and oxygen atoms in total. The van der Waals surface area contributed by atoms with Gasteiger partial charge in [0.15, 0.2) is 0 Å². The first-order valence-corrected chi connectivity index (χ1v) is 6.10. The van der Waals surface area contributed by atoms with E-state index in [2.05, 4.69) is 18.8 Å². The van der Waals surface area contributed by atoms with Gasteiger partial charge in [-0.1, -0.05) is 6.92 Å². The molecule has 0 bridgehead atoms. The Morgan fingerprint density at radius 1 is 1.41 bits per heavy atom. The van der Waals surface area contributed by atoms with Crippen LogP contribution in [-0.2, 0) is 0 Å². The van der Waals surface area contributed by atoms with Crippen LogP contribution in [0.3, 0.4) is 0 Å². The predicted octanol–water partition coefficient (Wildman–Crippen LogP) is 1.92. The Bertz CT molecular complexity index is 402. The minimum absolute atomic E-state index is 0.0176. The molecule has 1 aromatic heterocycles. The van der Waals surface area contributed by atoms with Crippen LogP contribution in [0.5, 0.6) is 0 Å². The summed E-state index contributed by atoms with van der Waals surface area (Å²) in [7, 11) is 0. The summed E-state index contributed by atoms with van der Waals surface area (Å²) in [5, 5.41) is 0. The molecule has 92 valence electrons. The molecular weight excluding hydrogens is 214 g/mol. The molecule has 1 amide bonds. The number of likely N-dealkylation sites (tertiary alicyclic amines) is 1. The molecule has 4 heteroatoms. The van der Waals surface area contributed by atoms with Crippen LogP contribution >= 0.6 is 0 Å². The molecule has 1 saturated heterocycles. The third kappa shape index (κ3) is 2.57. The molecule has 2 unspecified atom stereocenters. The number of nitrogens with two attached hydrogens (primary N) is 1. The molecule has 2 rings (SSSR count). The van der Waals surface area contributed by atoms with Crippen molar-refractivity contribution in [1.29, 1.82) is 0 Å². The highest BCUT2D eigenvalue weighted by Crippen LogP contribution is 2.22. The number of amides is 1. The standard InChI is InChI=1S/C13H19N3O/c1-9-3-4-10(2)16(8-9)13(17)12-6-5-11(14)7-15-12/h5-7,9-10H,3-4,8,14H2,1-2H3. The maximum absolute atomic E-state index is 12.3. The van der Waals surface area contributed by atoms with Crippen molar-refractivity contribution in [2.24, 2.45) is 5.92 Å². The molecule has 0 radical (unpaired) electrons. The van der Waals surface area contributed by atoms with Gasteiger partial charge in [-0.15, -0.1) is 0 Å². The topological polar surface area (TPSA) is 59.2 Å². The lowest BCUT2D eigenvalue weighted by molar-refractivity contribution is 0.0568. The maximum Gasteiger partial charge on any atom is 0.272 e. The van der Waals surface area contributed by atoms with E-state index in [0.29, 0.717) is 23.3 Å². The van der Waals surface area contributed by atoms with Crippen LogP contribution in [0.15, 0.2) is 18.3 Å². The molecule has 1 fully saturated rings. The zero-order valence-electron chi connectivity index (χ0n) is 10.4. The first-order valence-electron chi connectivity index (χ1n) is 6.10. The number of anilines is 1. The van der Waals surface area contributed by atoms with Gasteiger partial charge in [-0.05, 0) is 37.8 Å². The molecular formula is C13H19N3O. The smallest absolute Gasteiger partial charge is 0.272 e. The summed E-state index contributed by atoms with van der Waals surface area (Å²) in [6.07, 6.45) is 3.80. The second kappa shape index (κ2) is 4.73. The SMILES string of the molecule is CC1CCC(C)N(C(=O)c2ccc(N)cn2)C1. The summed E-state index contributed by atoms with van der Waals surface area (Å²) < 4.78 is 0. The van der Waals surface area contributed by atoms with Crippen LogP contribution in [0.25, 0.3) is 0 Å². The Morgan fingerprint density at radius 3 is 2.82 bits per heavy atom. The predicted molar refractivity (Wildman–Crippen MR) is 67.5 cm³/mol. The fourth-order valence-corrected chi connectivity index (χ4v) is 2.25. The number of nitrogen functional groups attached to an aromatic ring is 1. The van der Waals surface area contributed by atoms with E-state index < -0.39 is 0 Å². The quantitative estimate of drug-likeness (QED) is 0.806. The number of hydrogen-bond donors (Lipinski definition) is 1. The first-order chi connectivity index (χ1) is 8.08. The molecule has 0 spiro atoms. The fourth-order valence-electron chi connectivity index (χ4n) is 2.25. The first kappa shape index (κ1) is 11.9. The van der Waals surface area contributed by atoms with Crippen molar-refractivity contribution in [1.82, 2.24) is 9.88 Å². The van der Waals surface area contributed by atoms with E-state index in [1.54, 1.807) is 12.1 Å². The average molecular weight is 233 g/mol. The molecule has 0 aliphatic carbocycles. The molecule has 1 aliphatic heterocycles. The Hall–Kier alpha value is -1.58. The van der Waals surface area contributed by atoms with Crippen molar-refractivity contribution in [3.63, 3.8) is 0 Å². The summed E-state index contributed by atoms with van der Waals surface area (Å²) in [6, 6.07) is 3.72. The normalized spacial score (nSPS) is 24.7. The average Bonchev–Trinajstić information content (AvgIpc) is 2.32. The van der Waals surface area contributed by atoms with E-state index in [0.717, 1.165) is 13.0 Å². The molecule has 0 aromatic carbocycles. The van der Waals surface area contributed by atoms with Crippen LogP contribution in [0.2, 0.25) is 0 Å². The van der Waals surface area contributed by atoms with E-state index in [9.17, 15) is 4.79 Å². The van der Waals surface area contributed by atoms with E-state index in [1.807, 2.05) is 4.90 Å². The van der Waals surface area contributed by atoms with Crippen LogP contribution in [0.4, 0.5) is 5.69 Å². The van der Waals surface area contributed by atoms with Gasteiger partial charge in [0.1, 0.15) is 5.69 Å². The van der Waals surface area contributed by atoms with Crippen molar-refractivity contribution in [3.8, 4) is 0 Å². The van der Waals surface area contributed by atoms with Gasteiger partial charge in [0.2, 0.25) is 0 Å². The van der Waals surface area contributed by atoms with Gasteiger partial charge < -0.3 is 10.6 Å². The van der Waals surface area contributed by atoms with E-state index >= 15 is 0 Å². The molecule has 1 aliphatic rings. The van der Waals surface area contributed by atoms with Gasteiger partial charge in [0, 0.05) is 12.6 Å². The Kier molecular flexibility index (Phi) is 3.31. The van der Waals surface area contributed by atoms with Crippen molar-refractivity contribution in [2.45, 2.75) is 32.7 Å². The van der Waals surface area contributed by atoms with Crippen LogP contribution in [-0.4, -0.2) is 28.4 Å². The Morgan fingerprint density at radius 2 is 2.18 bits per heavy atom. The number of piperidine rings is 1. The molecule has 2 N–H and O–H groups in total. The Balaban J connectivity index is 2.15. The van der Waals surface area contributed by atoms with E-state index in [1.165, 1.54) is 12.6 Å². The lowest BCUT2D eigenvalue weighted by atomic mass is 9.95. The minimum atomic E-state index is 0.0176. The van der Waals surface area contributed by atoms with Gasteiger partial charge in [-0.2, -0.15) is 0 Å². The van der Waals surface area contributed by atoms with Crippen molar-refractivity contribution < 1.29 is 4.79 Å². The van der Waals surface area contributed by atoms with E-state index in [-0.39, 0.29) is 5.91 Å². The summed E-state index contributed by atoms with van der Waals surface area (Å²) >= 11 is 0. The van der Waals surface area contributed by atoms with Crippen molar-refractivity contribution in [2.75, 3.05) is 12.3 Å². The number of hydrogen-bond acceptors (Lipinski definition) is 3. The highest BCUT2D eigenvalue weighted by Gasteiger charge is 2.28. The number of carbonyl (C=O) groups excluding carboxylic acids is 1. The van der Waals surface area contributed by atoms with Gasteiger partial charge in [-0.25, -0.2) is 4.98 Å². The largest absolute Gasteiger partial charge is 0.397 e. The highest BCUT2D eigenvalue weighted by molar-refractivity contribution is 5.92. The molecule has 1 aromatic rings. The van der Waals surface area contributed by atoms with Gasteiger partial charge in [0.05, 0.1) is 11.9 Å². The summed E-state index contributed by atoms with van der Waals surface area (Å²) in [4.78, 5) is 18.3. The van der Waals surface area contributed by atoms with Crippen LogP contribution < -0.4 is 5.73 Å². The molecule has 0 saturated carbocycles. The van der Waals surface area contributed by atoms with Crippen molar-refractivity contribution >= 4 is 11.6 Å². The zero-order valence-corrected chi connectivity index (χ0v) is 10.4. The summed E-state index contributed by atoms with van der Waals surface area (Å²) in [5.41, 5.74) is 6.64. The third-order valence-electron chi connectivity index (χ3n) is 3.38. The van der Waals surface area contributed by atoms with Gasteiger partial charge in [0.25, 0.3) is 5.91 Å². The van der Waals surface area contributed by atoms with Crippen LogP contribution in [0, 0.1) is 5.92 Å². The lowest BCUT2D eigenvalue weighted by Crippen LogP contribution is -2.45. The number of aromatic nitrogens is 1. The fraction of sp³-hybridized carbons (Fsp3) is 0.538. The maximum atomic E-state index is 12.3. The highest BCUT2D eigenvalue weighted by atomic mass is 16.2. The monoisotopic (exact) mass is 233 g/mol. The number of pyridine rings is 1. The molecule has 17 heavy (non-hydrogen) atoms. The Labute approximate surface area is 102 Å². The molecule has 2 atom stereocenters. The number of rotatable bonds is 1. The second-order valence-corrected chi connectivity index (χ2v) is 4.97. The summed E-state index contributed by atoms with van der Waals surface area (Å²) in [6.45, 7) is 5.11. The minimum Gasteiger partial charge on any atom is -0.397 e. The number of nitrogens with zero attached hydrogens (tertiary/aromatic N) is 2. The van der Waals surface area contributed by atoms with E-state index in [4.69, 9.17) is 5.73 Å².